The molecule has 0 saturated heterocycles. The summed E-state index contributed by atoms with van der Waals surface area (Å²) in [5.41, 5.74) is 0.587. The molecule has 1 N–H and O–H groups in total. The van der Waals surface area contributed by atoms with Gasteiger partial charge in [0.15, 0.2) is 0 Å². The van der Waals surface area contributed by atoms with E-state index in [0.717, 1.165) is 10.4 Å². The van der Waals surface area contributed by atoms with Crippen molar-refractivity contribution in [3.05, 3.63) is 39.6 Å². The first-order chi connectivity index (χ1) is 13.0. The molecule has 9 heteroatoms. The second-order valence-corrected chi connectivity index (χ2v) is 7.63. The maximum atomic E-state index is 12.9. The van der Waals surface area contributed by atoms with Crippen molar-refractivity contribution in [2.24, 2.45) is 0 Å². The number of fused-ring (bicyclic) bond motifs is 1. The van der Waals surface area contributed by atoms with E-state index in [0.29, 0.717) is 23.3 Å². The summed E-state index contributed by atoms with van der Waals surface area (Å²) in [4.78, 5) is 44.6. The lowest BCUT2D eigenvalue weighted by Crippen LogP contribution is -2.41. The maximum absolute atomic E-state index is 12.9. The summed E-state index contributed by atoms with van der Waals surface area (Å²) in [7, 11) is 0. The highest BCUT2D eigenvalue weighted by Gasteiger charge is 2.16. The molecule has 0 saturated carbocycles. The first-order valence-corrected chi connectivity index (χ1v) is 10.4. The maximum Gasteiger partial charge on any atom is 0.263 e. The van der Waals surface area contributed by atoms with Gasteiger partial charge in [-0.1, -0.05) is 6.07 Å². The first kappa shape index (κ1) is 19.2. The minimum absolute atomic E-state index is 0.0795. The van der Waals surface area contributed by atoms with Crippen molar-refractivity contribution in [3.63, 3.8) is 0 Å². The van der Waals surface area contributed by atoms with Crippen molar-refractivity contribution in [2.45, 2.75) is 20.4 Å². The molecule has 0 fully saturated rings. The van der Waals surface area contributed by atoms with Crippen molar-refractivity contribution in [1.29, 1.82) is 0 Å². The van der Waals surface area contributed by atoms with Crippen LogP contribution < -0.4 is 10.9 Å². The molecule has 0 aliphatic rings. The number of rotatable bonds is 7. The summed E-state index contributed by atoms with van der Waals surface area (Å²) >= 11 is 2.96. The Bertz CT molecular complexity index is 1000. The Hall–Kier alpha value is -2.52. The van der Waals surface area contributed by atoms with Crippen LogP contribution in [0.15, 0.2) is 34.0 Å². The van der Waals surface area contributed by atoms with Crippen LogP contribution in [-0.4, -0.2) is 45.9 Å². The summed E-state index contributed by atoms with van der Waals surface area (Å²) in [5.74, 6) is -0.543. The third-order valence-electron chi connectivity index (χ3n) is 4.21. The van der Waals surface area contributed by atoms with Gasteiger partial charge < -0.3 is 10.2 Å². The molecule has 3 aromatic rings. The largest absolute Gasteiger partial charge is 0.345 e. The minimum atomic E-state index is -0.397. The minimum Gasteiger partial charge on any atom is -0.345 e. The molecule has 0 radical (unpaired) electrons. The van der Waals surface area contributed by atoms with Crippen LogP contribution in [-0.2, 0) is 16.1 Å². The molecular weight excluding hydrogens is 384 g/mol. The van der Waals surface area contributed by atoms with Crippen molar-refractivity contribution < 1.29 is 9.59 Å². The molecule has 0 spiro atoms. The van der Waals surface area contributed by atoms with Crippen LogP contribution in [0.25, 0.3) is 20.7 Å². The number of carbonyl (C=O) groups excluding carboxylic acids is 2. The van der Waals surface area contributed by atoms with E-state index in [1.165, 1.54) is 22.2 Å². The second kappa shape index (κ2) is 8.45. The molecule has 3 aromatic heterocycles. The second-order valence-electron chi connectivity index (χ2n) is 5.83. The molecule has 0 aromatic carbocycles. The number of nitrogens with zero attached hydrogens (tertiary/aromatic N) is 3. The highest BCUT2D eigenvalue weighted by Crippen LogP contribution is 2.33. The zero-order chi connectivity index (χ0) is 19.4. The van der Waals surface area contributed by atoms with Crippen molar-refractivity contribution in [1.82, 2.24) is 19.8 Å². The van der Waals surface area contributed by atoms with Crippen LogP contribution in [0.3, 0.4) is 0 Å². The van der Waals surface area contributed by atoms with E-state index < -0.39 is 5.91 Å². The zero-order valence-electron chi connectivity index (χ0n) is 15.1. The molecule has 0 atom stereocenters. The average molecular weight is 405 g/mol. The lowest BCUT2D eigenvalue weighted by molar-refractivity contribution is -0.132. The molecule has 0 aliphatic carbocycles. The van der Waals surface area contributed by atoms with Crippen LogP contribution in [0.5, 0.6) is 0 Å². The van der Waals surface area contributed by atoms with Gasteiger partial charge in [-0.3, -0.25) is 19.0 Å². The summed E-state index contributed by atoms with van der Waals surface area (Å²) < 4.78 is 1.28. The SMILES string of the molecule is CCN(CC)C(=O)CNC(=O)Cn1cnc2scc(-c3cccs3)c2c1=O. The Labute approximate surface area is 164 Å². The topological polar surface area (TPSA) is 84.3 Å². The molecular formula is C18H20N4O3S2. The van der Waals surface area contributed by atoms with Gasteiger partial charge in [-0.25, -0.2) is 4.98 Å². The van der Waals surface area contributed by atoms with E-state index in [-0.39, 0.29) is 24.6 Å². The fourth-order valence-corrected chi connectivity index (χ4v) is 4.49. The quantitative estimate of drug-likeness (QED) is 0.654. The average Bonchev–Trinajstić information content (AvgIpc) is 3.32. The van der Waals surface area contributed by atoms with Crippen molar-refractivity contribution >= 4 is 44.7 Å². The highest BCUT2D eigenvalue weighted by atomic mass is 32.1. The Balaban J connectivity index is 1.77. The molecule has 142 valence electrons. The molecule has 0 unspecified atom stereocenters. The highest BCUT2D eigenvalue weighted by molar-refractivity contribution is 7.18. The smallest absolute Gasteiger partial charge is 0.263 e. The molecule has 7 nitrogen and oxygen atoms in total. The number of amides is 2. The lowest BCUT2D eigenvalue weighted by atomic mass is 10.2. The number of thiophene rings is 2. The third kappa shape index (κ3) is 4.09. The summed E-state index contributed by atoms with van der Waals surface area (Å²) in [5, 5.41) is 6.97. The van der Waals surface area contributed by atoms with Gasteiger partial charge in [0.05, 0.1) is 18.3 Å². The standard InChI is InChI=1S/C18H20N4O3S2/c1-3-21(4-2)15(24)8-19-14(23)9-22-11-20-17-16(18(22)25)12(10-27-17)13-6-5-7-26-13/h5-7,10-11H,3-4,8-9H2,1-2H3,(H,19,23). The van der Waals surface area contributed by atoms with Crippen LogP contribution in [0.2, 0.25) is 0 Å². The molecule has 0 bridgehead atoms. The number of carbonyl (C=O) groups is 2. The molecule has 3 rings (SSSR count). The number of likely N-dealkylation sites (N-methyl/N-ethyl adjacent to an activating group) is 1. The van der Waals surface area contributed by atoms with Crippen LogP contribution in [0.1, 0.15) is 13.8 Å². The van der Waals surface area contributed by atoms with Gasteiger partial charge in [-0.2, -0.15) is 0 Å². The van der Waals surface area contributed by atoms with E-state index in [9.17, 15) is 14.4 Å². The van der Waals surface area contributed by atoms with Gasteiger partial charge in [0, 0.05) is 28.9 Å². The number of hydrogen-bond donors (Lipinski definition) is 1. The molecule has 0 aliphatic heterocycles. The van der Waals surface area contributed by atoms with E-state index in [1.807, 2.05) is 36.7 Å². The van der Waals surface area contributed by atoms with Crippen LogP contribution in [0.4, 0.5) is 0 Å². The summed E-state index contributed by atoms with van der Waals surface area (Å²) in [6.45, 7) is 4.70. The van der Waals surface area contributed by atoms with E-state index in [4.69, 9.17) is 0 Å². The van der Waals surface area contributed by atoms with E-state index >= 15 is 0 Å². The van der Waals surface area contributed by atoms with E-state index in [1.54, 1.807) is 16.2 Å². The fraction of sp³-hybridized carbons (Fsp3) is 0.333. The van der Waals surface area contributed by atoms with Gasteiger partial charge in [-0.15, -0.1) is 22.7 Å². The van der Waals surface area contributed by atoms with Crippen molar-refractivity contribution in [3.8, 4) is 10.4 Å². The Kier molecular flexibility index (Phi) is 6.02. The predicted molar refractivity (Wildman–Crippen MR) is 108 cm³/mol. The van der Waals surface area contributed by atoms with Crippen LogP contribution >= 0.6 is 22.7 Å². The zero-order valence-corrected chi connectivity index (χ0v) is 16.7. The number of hydrogen-bond acceptors (Lipinski definition) is 6. The Morgan fingerprint density at radius 3 is 2.70 bits per heavy atom. The van der Waals surface area contributed by atoms with Gasteiger partial charge in [0.25, 0.3) is 5.56 Å². The number of nitrogens with one attached hydrogen (secondary N) is 1. The Morgan fingerprint density at radius 2 is 2.04 bits per heavy atom. The fourth-order valence-electron chi connectivity index (χ4n) is 2.77. The summed E-state index contributed by atoms with van der Waals surface area (Å²) in [6, 6.07) is 3.88. The van der Waals surface area contributed by atoms with Crippen LogP contribution in [0, 0.1) is 0 Å². The summed E-state index contributed by atoms with van der Waals surface area (Å²) in [6.07, 6.45) is 1.38. The van der Waals surface area contributed by atoms with Gasteiger partial charge in [0.2, 0.25) is 11.8 Å². The van der Waals surface area contributed by atoms with Crippen molar-refractivity contribution in [2.75, 3.05) is 19.6 Å². The molecule has 27 heavy (non-hydrogen) atoms. The molecule has 3 heterocycles. The van der Waals surface area contributed by atoms with E-state index in [2.05, 4.69) is 10.3 Å². The van der Waals surface area contributed by atoms with Gasteiger partial charge in [-0.05, 0) is 25.3 Å². The normalized spacial score (nSPS) is 10.9. The first-order valence-electron chi connectivity index (χ1n) is 8.60. The van der Waals surface area contributed by atoms with Gasteiger partial charge in [0.1, 0.15) is 11.4 Å². The monoisotopic (exact) mass is 404 g/mol. The third-order valence-corrected chi connectivity index (χ3v) is 6.00. The number of aromatic nitrogens is 2. The Morgan fingerprint density at radius 1 is 1.26 bits per heavy atom. The predicted octanol–water partition coefficient (Wildman–Crippen LogP) is 2.17. The van der Waals surface area contributed by atoms with Gasteiger partial charge >= 0.3 is 0 Å². The lowest BCUT2D eigenvalue weighted by Gasteiger charge is -2.18. The molecule has 2 amide bonds.